The van der Waals surface area contributed by atoms with Gasteiger partial charge >= 0.3 is 0 Å². The number of benzene rings is 4. The summed E-state index contributed by atoms with van der Waals surface area (Å²) in [7, 11) is 0. The van der Waals surface area contributed by atoms with Crippen molar-refractivity contribution in [3.63, 3.8) is 0 Å². The number of fused-ring (bicyclic) bond motifs is 1. The fourth-order valence-electron chi connectivity index (χ4n) is 6.01. The lowest BCUT2D eigenvalue weighted by molar-refractivity contribution is -0.0688. The molecule has 0 radical (unpaired) electrons. The second-order valence-electron chi connectivity index (χ2n) is 10.7. The van der Waals surface area contributed by atoms with Gasteiger partial charge < -0.3 is 19.3 Å². The van der Waals surface area contributed by atoms with E-state index in [0.717, 1.165) is 37.2 Å². The lowest BCUT2D eigenvalue weighted by Crippen LogP contribution is -2.39. The van der Waals surface area contributed by atoms with E-state index in [2.05, 4.69) is 84.9 Å². The monoisotopic (exact) mass is 520 g/mol. The highest BCUT2D eigenvalue weighted by molar-refractivity contribution is 5.48. The molecular formula is C35H36O4. The summed E-state index contributed by atoms with van der Waals surface area (Å²) in [4.78, 5) is 0. The van der Waals surface area contributed by atoms with Crippen molar-refractivity contribution in [3.05, 3.63) is 131 Å². The molecule has 0 aromatic heterocycles. The normalized spacial score (nSPS) is 22.0. The van der Waals surface area contributed by atoms with Gasteiger partial charge in [-0.1, -0.05) is 78.9 Å². The number of aliphatic hydroxyl groups is 1. The lowest BCUT2D eigenvalue weighted by Gasteiger charge is -2.36. The van der Waals surface area contributed by atoms with Crippen LogP contribution < -0.4 is 9.47 Å². The fourth-order valence-corrected chi connectivity index (χ4v) is 6.01. The molecule has 0 heterocycles. The molecule has 1 fully saturated rings. The highest BCUT2D eigenvalue weighted by Crippen LogP contribution is 2.47. The maximum Gasteiger partial charge on any atom is 0.120 e. The Morgan fingerprint density at radius 3 is 2.18 bits per heavy atom. The zero-order valence-electron chi connectivity index (χ0n) is 22.2. The van der Waals surface area contributed by atoms with E-state index in [1.807, 2.05) is 18.2 Å². The molecule has 6 rings (SSSR count). The maximum atomic E-state index is 8.94. The molecule has 0 bridgehead atoms. The zero-order chi connectivity index (χ0) is 26.4. The van der Waals surface area contributed by atoms with Crippen molar-refractivity contribution in [3.8, 4) is 11.5 Å². The van der Waals surface area contributed by atoms with Gasteiger partial charge in [0.1, 0.15) is 24.2 Å². The van der Waals surface area contributed by atoms with Crippen molar-refractivity contribution in [2.45, 2.75) is 56.3 Å². The summed E-state index contributed by atoms with van der Waals surface area (Å²) in [6, 6.07) is 36.6. The molecule has 39 heavy (non-hydrogen) atoms. The quantitative estimate of drug-likeness (QED) is 0.244. The molecule has 4 aromatic carbocycles. The Hall–Kier alpha value is -3.60. The molecule has 200 valence electrons. The van der Waals surface area contributed by atoms with Crippen molar-refractivity contribution in [2.75, 3.05) is 13.2 Å². The van der Waals surface area contributed by atoms with E-state index in [1.54, 1.807) is 0 Å². The summed E-state index contributed by atoms with van der Waals surface area (Å²) in [5.74, 6) is 2.52. The van der Waals surface area contributed by atoms with Crippen LogP contribution in [0.2, 0.25) is 0 Å². The molecule has 0 aliphatic heterocycles. The Morgan fingerprint density at radius 2 is 1.44 bits per heavy atom. The smallest absolute Gasteiger partial charge is 0.120 e. The number of aliphatic hydroxyl groups excluding tert-OH is 1. The van der Waals surface area contributed by atoms with Crippen LogP contribution in [0.1, 0.15) is 58.9 Å². The zero-order valence-corrected chi connectivity index (χ0v) is 22.2. The molecule has 2 atom stereocenters. The van der Waals surface area contributed by atoms with Gasteiger partial charge in [-0.25, -0.2) is 0 Å². The van der Waals surface area contributed by atoms with Crippen molar-refractivity contribution in [1.29, 1.82) is 0 Å². The average Bonchev–Trinajstić information content (AvgIpc) is 2.98. The van der Waals surface area contributed by atoms with Crippen LogP contribution in [0, 0.1) is 0 Å². The molecule has 0 saturated heterocycles. The van der Waals surface area contributed by atoms with Gasteiger partial charge in [0.2, 0.25) is 0 Å². The van der Waals surface area contributed by atoms with Crippen molar-refractivity contribution in [1.82, 2.24) is 0 Å². The van der Waals surface area contributed by atoms with Crippen LogP contribution in [0.25, 0.3) is 0 Å². The molecule has 1 N–H and O–H groups in total. The summed E-state index contributed by atoms with van der Waals surface area (Å²) >= 11 is 0. The molecule has 4 nitrogen and oxygen atoms in total. The second-order valence-corrected chi connectivity index (χ2v) is 10.7. The molecule has 4 aromatic rings. The van der Waals surface area contributed by atoms with E-state index in [0.29, 0.717) is 19.1 Å². The Labute approximate surface area is 231 Å². The van der Waals surface area contributed by atoms with E-state index in [9.17, 15) is 0 Å². The first kappa shape index (κ1) is 25.7. The number of ether oxygens (including phenoxy) is 3. The Morgan fingerprint density at radius 1 is 0.718 bits per heavy atom. The third-order valence-electron chi connectivity index (χ3n) is 8.09. The number of aryl methyl sites for hydroxylation is 1. The van der Waals surface area contributed by atoms with Gasteiger partial charge in [-0.15, -0.1) is 0 Å². The summed E-state index contributed by atoms with van der Waals surface area (Å²) in [6.45, 7) is 1.05. The van der Waals surface area contributed by atoms with Crippen molar-refractivity contribution in [2.24, 2.45) is 0 Å². The Balaban J connectivity index is 1.21. The first-order valence-corrected chi connectivity index (χ1v) is 14.1. The Bertz CT molecular complexity index is 1330. The van der Waals surface area contributed by atoms with Crippen LogP contribution in [0.4, 0.5) is 0 Å². The third kappa shape index (κ3) is 6.03. The van der Waals surface area contributed by atoms with E-state index in [4.69, 9.17) is 19.3 Å². The van der Waals surface area contributed by atoms with E-state index in [-0.39, 0.29) is 24.7 Å². The third-order valence-corrected chi connectivity index (χ3v) is 8.09. The molecule has 0 unspecified atom stereocenters. The fraction of sp³-hybridized carbons (Fsp3) is 0.314. The summed E-state index contributed by atoms with van der Waals surface area (Å²) in [5.41, 5.74) is 6.64. The predicted octanol–water partition coefficient (Wildman–Crippen LogP) is 7.05. The molecular weight excluding hydrogens is 484 g/mol. The van der Waals surface area contributed by atoms with Gasteiger partial charge in [0, 0.05) is 18.8 Å². The van der Waals surface area contributed by atoms with Crippen LogP contribution in [0.15, 0.2) is 103 Å². The Kier molecular flexibility index (Phi) is 7.94. The van der Waals surface area contributed by atoms with Gasteiger partial charge in [-0.3, -0.25) is 0 Å². The largest absolute Gasteiger partial charge is 0.490 e. The topological polar surface area (TPSA) is 47.9 Å². The molecule has 0 amide bonds. The van der Waals surface area contributed by atoms with E-state index < -0.39 is 0 Å². The standard InChI is InChI=1S/C35H36O4/c36-19-20-37-31-22-32(23-31)39-29-14-11-27(12-15-29)35-33(26-9-5-2-6-10-26)17-13-28-21-30(16-18-34(28)35)38-24-25-7-3-1-4-8-25/h1-12,14-16,18,21,31-33,35-36H,13,17,19-20,22-24H2/t31-,32-,33-,35+/m1/s1. The lowest BCUT2D eigenvalue weighted by atomic mass is 9.69. The second kappa shape index (κ2) is 12.1. The number of hydrogen-bond donors (Lipinski definition) is 1. The molecule has 1 saturated carbocycles. The van der Waals surface area contributed by atoms with Crippen molar-refractivity contribution >= 4 is 0 Å². The number of hydrogen-bond acceptors (Lipinski definition) is 4. The summed E-state index contributed by atoms with van der Waals surface area (Å²) < 4.78 is 18.0. The first-order chi connectivity index (χ1) is 19.3. The van der Waals surface area contributed by atoms with Crippen LogP contribution >= 0.6 is 0 Å². The molecule has 2 aliphatic rings. The van der Waals surface area contributed by atoms with Gasteiger partial charge in [0.05, 0.1) is 19.3 Å². The predicted molar refractivity (Wildman–Crippen MR) is 153 cm³/mol. The van der Waals surface area contributed by atoms with Gasteiger partial charge in [-0.05, 0) is 70.8 Å². The molecule has 2 aliphatic carbocycles. The van der Waals surface area contributed by atoms with Crippen LogP contribution in [0.5, 0.6) is 11.5 Å². The molecule has 4 heteroatoms. The number of rotatable bonds is 10. The maximum absolute atomic E-state index is 8.94. The van der Waals surface area contributed by atoms with E-state index in [1.165, 1.54) is 27.8 Å². The summed E-state index contributed by atoms with van der Waals surface area (Å²) in [5, 5.41) is 8.94. The van der Waals surface area contributed by atoms with Crippen LogP contribution in [-0.2, 0) is 17.8 Å². The highest BCUT2D eigenvalue weighted by Gasteiger charge is 2.33. The first-order valence-electron chi connectivity index (χ1n) is 14.1. The van der Waals surface area contributed by atoms with Crippen LogP contribution in [0.3, 0.4) is 0 Å². The van der Waals surface area contributed by atoms with Crippen LogP contribution in [-0.4, -0.2) is 30.5 Å². The molecule has 0 spiro atoms. The minimum absolute atomic E-state index is 0.0692. The van der Waals surface area contributed by atoms with Gasteiger partial charge in [0.15, 0.2) is 0 Å². The van der Waals surface area contributed by atoms with Gasteiger partial charge in [-0.2, -0.15) is 0 Å². The summed E-state index contributed by atoms with van der Waals surface area (Å²) in [6.07, 6.45) is 4.27. The van der Waals surface area contributed by atoms with Gasteiger partial charge in [0.25, 0.3) is 0 Å². The highest BCUT2D eigenvalue weighted by atomic mass is 16.5. The van der Waals surface area contributed by atoms with E-state index >= 15 is 0 Å². The minimum atomic E-state index is 0.0692. The average molecular weight is 521 g/mol. The SMILES string of the molecule is OCCO[C@H]1C[C@H](Oc2ccc([C@@H]3c4ccc(OCc5ccccc5)cc4CC[C@@H]3c3ccccc3)cc2)C1. The van der Waals surface area contributed by atoms with Crippen molar-refractivity contribution < 1.29 is 19.3 Å². The minimum Gasteiger partial charge on any atom is -0.490 e.